The zero-order chi connectivity index (χ0) is 25.3. The van der Waals surface area contributed by atoms with Gasteiger partial charge in [-0.25, -0.2) is 4.98 Å². The lowest BCUT2D eigenvalue weighted by atomic mass is 10.1. The van der Waals surface area contributed by atoms with Gasteiger partial charge in [0.05, 0.1) is 34.7 Å². The van der Waals surface area contributed by atoms with Crippen molar-refractivity contribution >= 4 is 28.4 Å². The number of benzene rings is 2. The van der Waals surface area contributed by atoms with E-state index in [-0.39, 0.29) is 23.6 Å². The molecule has 2 aromatic heterocycles. The third-order valence-electron chi connectivity index (χ3n) is 5.32. The molecule has 0 spiro atoms. The summed E-state index contributed by atoms with van der Waals surface area (Å²) in [4.78, 5) is 29.1. The number of anilines is 1. The van der Waals surface area contributed by atoms with Crippen LogP contribution in [0.2, 0.25) is 0 Å². The van der Waals surface area contributed by atoms with Crippen LogP contribution in [-0.4, -0.2) is 32.9 Å². The fraction of sp³-hybridized carbons (Fsp3) is 0.167. The second-order valence-electron chi connectivity index (χ2n) is 7.79. The van der Waals surface area contributed by atoms with E-state index in [9.17, 15) is 22.8 Å². The third-order valence-corrected chi connectivity index (χ3v) is 5.32. The zero-order valence-electron chi connectivity index (χ0n) is 18.7. The van der Waals surface area contributed by atoms with E-state index >= 15 is 0 Å². The van der Waals surface area contributed by atoms with Crippen molar-refractivity contribution in [2.75, 3.05) is 5.32 Å². The minimum Gasteiger partial charge on any atom is -0.406 e. The first-order valence-corrected chi connectivity index (χ1v) is 10.4. The number of nitrogens with two attached hydrogens (primary N) is 1. The predicted molar refractivity (Wildman–Crippen MR) is 122 cm³/mol. The maximum Gasteiger partial charge on any atom is 0.573 e. The Morgan fingerprint density at radius 3 is 2.43 bits per heavy atom. The van der Waals surface area contributed by atoms with Gasteiger partial charge in [0, 0.05) is 5.39 Å². The minimum atomic E-state index is -4.76. The molecule has 3 N–H and O–H groups in total. The Kier molecular flexibility index (Phi) is 6.16. The molecule has 35 heavy (non-hydrogen) atoms. The topological polar surface area (TPSA) is 112 Å². The largest absolute Gasteiger partial charge is 0.573 e. The molecule has 2 amide bonds. The number of para-hydroxylation sites is 1. The second kappa shape index (κ2) is 9.09. The Hall–Kier alpha value is -4.41. The molecule has 2 aromatic carbocycles. The quantitative estimate of drug-likeness (QED) is 0.424. The van der Waals surface area contributed by atoms with Gasteiger partial charge in [-0.3, -0.25) is 14.3 Å². The number of nitrogens with one attached hydrogen (secondary N) is 1. The first-order valence-electron chi connectivity index (χ1n) is 10.4. The summed E-state index contributed by atoms with van der Waals surface area (Å²) in [5.41, 5.74) is 8.39. The SMILES string of the molecule is Cc1nn(Cc2ccc(OC(F)(F)F)cc2)c(C)c1NC(=O)c1cc(C(N)=O)nc2ccccc12. The molecule has 0 saturated carbocycles. The lowest BCUT2D eigenvalue weighted by molar-refractivity contribution is -0.274. The van der Waals surface area contributed by atoms with Gasteiger partial charge in [0.1, 0.15) is 11.4 Å². The summed E-state index contributed by atoms with van der Waals surface area (Å²) in [6, 6.07) is 13.7. The number of ether oxygens (including phenoxy) is 1. The number of primary amides is 1. The lowest BCUT2D eigenvalue weighted by Crippen LogP contribution is -2.18. The standard InChI is InChI=1S/C24H20F3N5O3/c1-13-21(14(2)32(31-13)12-15-7-9-16(10-8-15)35-24(25,26)27)30-23(34)18-11-20(22(28)33)29-19-6-4-3-5-17(18)19/h3-11H,12H2,1-2H3,(H2,28,33)(H,30,34). The molecule has 8 nitrogen and oxygen atoms in total. The Bertz CT molecular complexity index is 1430. The van der Waals surface area contributed by atoms with Crippen LogP contribution in [-0.2, 0) is 6.54 Å². The molecule has 2 heterocycles. The highest BCUT2D eigenvalue weighted by molar-refractivity contribution is 6.14. The molecule has 0 radical (unpaired) electrons. The van der Waals surface area contributed by atoms with Gasteiger partial charge in [0.25, 0.3) is 11.8 Å². The van der Waals surface area contributed by atoms with E-state index in [0.29, 0.717) is 33.5 Å². The highest BCUT2D eigenvalue weighted by Crippen LogP contribution is 2.26. The number of alkyl halides is 3. The maximum atomic E-state index is 13.2. The molecular weight excluding hydrogens is 463 g/mol. The molecule has 0 fully saturated rings. The van der Waals surface area contributed by atoms with Crippen molar-refractivity contribution < 1.29 is 27.5 Å². The Morgan fingerprint density at radius 2 is 1.77 bits per heavy atom. The van der Waals surface area contributed by atoms with Crippen LogP contribution < -0.4 is 15.8 Å². The Labute approximate surface area is 197 Å². The number of rotatable bonds is 6. The van der Waals surface area contributed by atoms with Crippen LogP contribution in [0.1, 0.15) is 37.8 Å². The maximum absolute atomic E-state index is 13.2. The number of hydrogen-bond donors (Lipinski definition) is 2. The monoisotopic (exact) mass is 483 g/mol. The van der Waals surface area contributed by atoms with Gasteiger partial charge in [0.2, 0.25) is 0 Å². The molecule has 4 aromatic rings. The summed E-state index contributed by atoms with van der Waals surface area (Å²) in [7, 11) is 0. The fourth-order valence-electron chi connectivity index (χ4n) is 3.67. The van der Waals surface area contributed by atoms with Crippen LogP contribution in [0.3, 0.4) is 0 Å². The van der Waals surface area contributed by atoms with Crippen LogP contribution in [0.15, 0.2) is 54.6 Å². The first kappa shape index (κ1) is 23.7. The number of aromatic nitrogens is 3. The van der Waals surface area contributed by atoms with Crippen LogP contribution in [0.4, 0.5) is 18.9 Å². The van der Waals surface area contributed by atoms with Crippen molar-refractivity contribution in [1.82, 2.24) is 14.8 Å². The van der Waals surface area contributed by atoms with E-state index in [1.807, 2.05) is 0 Å². The summed E-state index contributed by atoms with van der Waals surface area (Å²) in [5.74, 6) is -1.54. The van der Waals surface area contributed by atoms with Crippen molar-refractivity contribution in [3.63, 3.8) is 0 Å². The van der Waals surface area contributed by atoms with Gasteiger partial charge in [-0.15, -0.1) is 13.2 Å². The molecule has 11 heteroatoms. The van der Waals surface area contributed by atoms with Gasteiger partial charge in [-0.05, 0) is 43.7 Å². The molecule has 0 bridgehead atoms. The van der Waals surface area contributed by atoms with Crippen molar-refractivity contribution in [2.24, 2.45) is 5.73 Å². The number of nitrogens with zero attached hydrogens (tertiary/aromatic N) is 3. The van der Waals surface area contributed by atoms with Crippen molar-refractivity contribution in [3.8, 4) is 5.75 Å². The molecule has 0 aliphatic heterocycles. The normalized spacial score (nSPS) is 11.5. The highest BCUT2D eigenvalue weighted by atomic mass is 19.4. The van der Waals surface area contributed by atoms with Gasteiger partial charge < -0.3 is 15.8 Å². The number of halogens is 3. The molecule has 0 aliphatic rings. The average molecular weight is 483 g/mol. The summed E-state index contributed by atoms with van der Waals surface area (Å²) in [6.45, 7) is 3.74. The number of hydrogen-bond acceptors (Lipinski definition) is 5. The van der Waals surface area contributed by atoms with Crippen molar-refractivity contribution in [2.45, 2.75) is 26.8 Å². The van der Waals surface area contributed by atoms with E-state index in [0.717, 1.165) is 0 Å². The number of amides is 2. The number of pyridine rings is 1. The van der Waals surface area contributed by atoms with E-state index in [1.165, 1.54) is 30.3 Å². The minimum absolute atomic E-state index is 0.0315. The zero-order valence-corrected chi connectivity index (χ0v) is 18.7. The van der Waals surface area contributed by atoms with E-state index in [1.54, 1.807) is 42.8 Å². The van der Waals surface area contributed by atoms with Gasteiger partial charge in [-0.2, -0.15) is 5.10 Å². The van der Waals surface area contributed by atoms with E-state index in [4.69, 9.17) is 5.73 Å². The molecule has 0 aliphatic carbocycles. The van der Waals surface area contributed by atoms with Gasteiger partial charge in [0.15, 0.2) is 0 Å². The molecule has 0 saturated heterocycles. The second-order valence-corrected chi connectivity index (χ2v) is 7.79. The fourth-order valence-corrected chi connectivity index (χ4v) is 3.67. The molecular formula is C24H20F3N5O3. The van der Waals surface area contributed by atoms with Crippen molar-refractivity contribution in [3.05, 3.63) is 82.8 Å². The van der Waals surface area contributed by atoms with E-state index < -0.39 is 18.2 Å². The highest BCUT2D eigenvalue weighted by Gasteiger charge is 2.31. The number of fused-ring (bicyclic) bond motifs is 1. The third kappa shape index (κ3) is 5.24. The Balaban J connectivity index is 1.59. The number of carbonyl (C=O) groups excluding carboxylic acids is 2. The summed E-state index contributed by atoms with van der Waals surface area (Å²) >= 11 is 0. The van der Waals surface area contributed by atoms with Crippen LogP contribution >= 0.6 is 0 Å². The molecule has 180 valence electrons. The predicted octanol–water partition coefficient (Wildman–Crippen LogP) is 4.35. The summed E-state index contributed by atoms with van der Waals surface area (Å²) in [5, 5.41) is 7.85. The van der Waals surface area contributed by atoms with Crippen LogP contribution in [0.5, 0.6) is 5.75 Å². The number of aryl methyl sites for hydroxylation is 1. The first-order chi connectivity index (χ1) is 16.5. The molecule has 0 atom stereocenters. The summed E-state index contributed by atoms with van der Waals surface area (Å²) in [6.07, 6.45) is -4.76. The number of carbonyl (C=O) groups is 2. The van der Waals surface area contributed by atoms with Crippen LogP contribution in [0, 0.1) is 13.8 Å². The lowest BCUT2D eigenvalue weighted by Gasteiger charge is -2.11. The molecule has 4 rings (SSSR count). The van der Waals surface area contributed by atoms with E-state index in [2.05, 4.69) is 20.1 Å². The Morgan fingerprint density at radius 1 is 1.09 bits per heavy atom. The van der Waals surface area contributed by atoms with Gasteiger partial charge in [-0.1, -0.05) is 30.3 Å². The van der Waals surface area contributed by atoms with Crippen LogP contribution in [0.25, 0.3) is 10.9 Å². The smallest absolute Gasteiger partial charge is 0.406 e. The van der Waals surface area contributed by atoms with Crippen molar-refractivity contribution in [1.29, 1.82) is 0 Å². The molecule has 0 unspecified atom stereocenters. The van der Waals surface area contributed by atoms with Gasteiger partial charge >= 0.3 is 6.36 Å². The summed E-state index contributed by atoms with van der Waals surface area (Å²) < 4.78 is 42.6. The average Bonchev–Trinajstić information content (AvgIpc) is 3.05.